The van der Waals surface area contributed by atoms with E-state index >= 15 is 0 Å². The number of aliphatic imine (C=N–C) groups is 1. The van der Waals surface area contributed by atoms with Gasteiger partial charge in [0, 0.05) is 18.7 Å². The van der Waals surface area contributed by atoms with Crippen LogP contribution in [0.3, 0.4) is 0 Å². The highest BCUT2D eigenvalue weighted by molar-refractivity contribution is 6.00. The second-order valence-corrected chi connectivity index (χ2v) is 6.03. The number of esters is 1. The van der Waals surface area contributed by atoms with Crippen molar-refractivity contribution in [3.8, 4) is 0 Å². The molecule has 134 valence electrons. The van der Waals surface area contributed by atoms with Crippen LogP contribution in [-0.2, 0) is 24.6 Å². The number of amides is 1. The molecule has 2 aliphatic rings. The van der Waals surface area contributed by atoms with Crippen molar-refractivity contribution in [3.63, 3.8) is 0 Å². The molecule has 1 aromatic rings. The molecule has 7 nitrogen and oxygen atoms in total. The molecule has 1 amide bonds. The first-order valence-electron chi connectivity index (χ1n) is 7.58. The zero-order valence-corrected chi connectivity index (χ0v) is 13.7. The average Bonchev–Trinajstić information content (AvgIpc) is 2.58. The molecule has 3 rings (SSSR count). The van der Waals surface area contributed by atoms with Gasteiger partial charge in [-0.05, 0) is 12.5 Å². The van der Waals surface area contributed by atoms with Crippen molar-refractivity contribution in [2.24, 2.45) is 16.6 Å². The minimum absolute atomic E-state index is 0.00776. The summed E-state index contributed by atoms with van der Waals surface area (Å²) in [5, 5.41) is 0. The second-order valence-electron chi connectivity index (χ2n) is 6.03. The molecule has 0 unspecified atom stereocenters. The zero-order chi connectivity index (χ0) is 18.4. The lowest BCUT2D eigenvalue weighted by atomic mass is 9.72. The lowest BCUT2D eigenvalue weighted by Gasteiger charge is -2.46. The van der Waals surface area contributed by atoms with Crippen LogP contribution in [0, 0.1) is 17.6 Å². The Kier molecular flexibility index (Phi) is 4.19. The molecule has 25 heavy (non-hydrogen) atoms. The summed E-state index contributed by atoms with van der Waals surface area (Å²) < 4.78 is 37.9. The van der Waals surface area contributed by atoms with Gasteiger partial charge in [-0.2, -0.15) is 0 Å². The van der Waals surface area contributed by atoms with Gasteiger partial charge in [-0.1, -0.05) is 6.07 Å². The van der Waals surface area contributed by atoms with E-state index < -0.39 is 41.1 Å². The van der Waals surface area contributed by atoms with Crippen LogP contribution in [0.2, 0.25) is 0 Å². The van der Waals surface area contributed by atoms with Crippen LogP contribution in [0.15, 0.2) is 23.2 Å². The second kappa shape index (κ2) is 6.07. The van der Waals surface area contributed by atoms with E-state index in [0.29, 0.717) is 6.07 Å². The number of guanidine groups is 1. The number of fused-ring (bicyclic) bond motifs is 1. The van der Waals surface area contributed by atoms with Crippen molar-refractivity contribution in [1.29, 1.82) is 0 Å². The molecule has 9 heteroatoms. The molecule has 0 spiro atoms. The highest BCUT2D eigenvalue weighted by Gasteiger charge is 2.55. The molecule has 0 aliphatic carbocycles. The number of benzene rings is 1. The third-order valence-electron chi connectivity index (χ3n) is 4.68. The van der Waals surface area contributed by atoms with E-state index in [0.717, 1.165) is 11.0 Å². The smallest absolute Gasteiger partial charge is 0.334 e. The molecule has 0 radical (unpaired) electrons. The van der Waals surface area contributed by atoms with E-state index in [1.807, 2.05) is 0 Å². The molecule has 2 heterocycles. The standard InChI is InChI=1S/C16H17F2N3O4/c1-21-13(22)10-6-12(14(23)24-2)25-7-16(10,20-15(21)19)9-4-3-8(17)5-11(9)18/h3-5,10,12H,6-7H2,1-2H3,(H2,19,20)/t10-,12-,16+/m0/s1. The third-order valence-corrected chi connectivity index (χ3v) is 4.68. The zero-order valence-electron chi connectivity index (χ0n) is 13.7. The van der Waals surface area contributed by atoms with E-state index in [1.165, 1.54) is 20.2 Å². The number of halogens is 2. The summed E-state index contributed by atoms with van der Waals surface area (Å²) in [5.74, 6) is -3.68. The van der Waals surface area contributed by atoms with Crippen molar-refractivity contribution >= 4 is 17.8 Å². The van der Waals surface area contributed by atoms with E-state index in [9.17, 15) is 18.4 Å². The molecule has 0 aromatic heterocycles. The van der Waals surface area contributed by atoms with Gasteiger partial charge in [-0.25, -0.2) is 18.6 Å². The van der Waals surface area contributed by atoms with Gasteiger partial charge in [0.25, 0.3) is 0 Å². The summed E-state index contributed by atoms with van der Waals surface area (Å²) in [6, 6.07) is 3.00. The van der Waals surface area contributed by atoms with Gasteiger partial charge in [0.15, 0.2) is 12.1 Å². The first-order valence-corrected chi connectivity index (χ1v) is 7.58. The van der Waals surface area contributed by atoms with Gasteiger partial charge in [0.1, 0.15) is 17.2 Å². The fourth-order valence-corrected chi connectivity index (χ4v) is 3.31. The van der Waals surface area contributed by atoms with Crippen molar-refractivity contribution in [1.82, 2.24) is 4.90 Å². The number of nitrogens with two attached hydrogens (primary N) is 1. The Hall–Kier alpha value is -2.55. The summed E-state index contributed by atoms with van der Waals surface area (Å²) in [4.78, 5) is 30.0. The van der Waals surface area contributed by atoms with Crippen molar-refractivity contribution in [2.75, 3.05) is 20.8 Å². The van der Waals surface area contributed by atoms with Crippen LogP contribution in [0.1, 0.15) is 12.0 Å². The van der Waals surface area contributed by atoms with Crippen LogP contribution in [0.4, 0.5) is 8.78 Å². The maximum absolute atomic E-state index is 14.5. The number of carbonyl (C=O) groups is 2. The Morgan fingerprint density at radius 1 is 1.48 bits per heavy atom. The minimum Gasteiger partial charge on any atom is -0.467 e. The van der Waals surface area contributed by atoms with Crippen molar-refractivity contribution in [3.05, 3.63) is 35.4 Å². The van der Waals surface area contributed by atoms with Gasteiger partial charge in [0.05, 0.1) is 19.6 Å². The number of ether oxygens (including phenoxy) is 2. The van der Waals surface area contributed by atoms with Crippen LogP contribution in [0.5, 0.6) is 0 Å². The number of methoxy groups -OCH3 is 1. The summed E-state index contributed by atoms with van der Waals surface area (Å²) in [6.07, 6.45) is -1.03. The molecule has 2 aliphatic heterocycles. The largest absolute Gasteiger partial charge is 0.467 e. The summed E-state index contributed by atoms with van der Waals surface area (Å²) in [5.41, 5.74) is 4.34. The molecule has 2 N–H and O–H groups in total. The Bertz CT molecular complexity index is 770. The first-order chi connectivity index (χ1) is 11.8. The van der Waals surface area contributed by atoms with Gasteiger partial charge in [-0.3, -0.25) is 9.69 Å². The maximum atomic E-state index is 14.5. The number of carbonyl (C=O) groups excluding carboxylic acids is 2. The third kappa shape index (κ3) is 2.64. The Morgan fingerprint density at radius 3 is 2.84 bits per heavy atom. The van der Waals surface area contributed by atoms with Crippen molar-refractivity contribution < 1.29 is 27.8 Å². The predicted molar refractivity (Wildman–Crippen MR) is 82.3 cm³/mol. The normalized spacial score (nSPS) is 29.0. The monoisotopic (exact) mass is 353 g/mol. The number of hydrogen-bond donors (Lipinski definition) is 1. The van der Waals surface area contributed by atoms with E-state index in [2.05, 4.69) is 9.73 Å². The molecular formula is C16H17F2N3O4. The van der Waals surface area contributed by atoms with Gasteiger partial charge >= 0.3 is 5.97 Å². The average molecular weight is 353 g/mol. The lowest BCUT2D eigenvalue weighted by molar-refractivity contribution is -0.167. The van der Waals surface area contributed by atoms with Crippen LogP contribution < -0.4 is 5.73 Å². The molecular weight excluding hydrogens is 336 g/mol. The van der Waals surface area contributed by atoms with Crippen molar-refractivity contribution in [2.45, 2.75) is 18.1 Å². The fourth-order valence-electron chi connectivity index (χ4n) is 3.31. The molecule has 1 saturated heterocycles. The summed E-state index contributed by atoms with van der Waals surface area (Å²) in [7, 11) is 2.65. The quantitative estimate of drug-likeness (QED) is 0.783. The molecule has 1 aromatic carbocycles. The first kappa shape index (κ1) is 17.3. The molecule has 1 fully saturated rings. The van der Waals surface area contributed by atoms with E-state index in [4.69, 9.17) is 10.5 Å². The Labute approximate surface area is 142 Å². The molecule has 0 saturated carbocycles. The maximum Gasteiger partial charge on any atom is 0.334 e. The summed E-state index contributed by atoms with van der Waals surface area (Å²) >= 11 is 0. The number of nitrogens with zero attached hydrogens (tertiary/aromatic N) is 2. The number of rotatable bonds is 2. The SMILES string of the molecule is COC(=O)[C@@H]1C[C@H]2C(=O)N(C)C(N)=N[C@@]2(c2ccc(F)cc2F)CO1. The minimum atomic E-state index is -1.46. The lowest BCUT2D eigenvalue weighted by Crippen LogP contribution is -2.60. The van der Waals surface area contributed by atoms with E-state index in [-0.39, 0.29) is 24.6 Å². The van der Waals surface area contributed by atoms with E-state index in [1.54, 1.807) is 0 Å². The molecule has 0 bridgehead atoms. The highest BCUT2D eigenvalue weighted by atomic mass is 19.1. The Balaban J connectivity index is 2.13. The number of hydrogen-bond acceptors (Lipinski definition) is 6. The van der Waals surface area contributed by atoms with Gasteiger partial charge in [0.2, 0.25) is 5.91 Å². The summed E-state index contributed by atoms with van der Waals surface area (Å²) in [6.45, 7) is -0.264. The van der Waals surface area contributed by atoms with Gasteiger partial charge < -0.3 is 15.2 Å². The topological polar surface area (TPSA) is 94.2 Å². The van der Waals surface area contributed by atoms with Crippen LogP contribution >= 0.6 is 0 Å². The van der Waals surface area contributed by atoms with Crippen LogP contribution in [-0.4, -0.2) is 49.6 Å². The molecule has 3 atom stereocenters. The van der Waals surface area contributed by atoms with Gasteiger partial charge in [-0.15, -0.1) is 0 Å². The highest BCUT2D eigenvalue weighted by Crippen LogP contribution is 2.45. The Morgan fingerprint density at radius 2 is 2.20 bits per heavy atom. The van der Waals surface area contributed by atoms with Crippen LogP contribution in [0.25, 0.3) is 0 Å². The fraction of sp³-hybridized carbons (Fsp3) is 0.438. The predicted octanol–water partition coefficient (Wildman–Crippen LogP) is 0.525.